The van der Waals surface area contributed by atoms with Gasteiger partial charge < -0.3 is 10.0 Å². The van der Waals surface area contributed by atoms with Gasteiger partial charge in [0.15, 0.2) is 0 Å². The molecule has 3 atom stereocenters. The summed E-state index contributed by atoms with van der Waals surface area (Å²) in [7, 11) is 0. The highest BCUT2D eigenvalue weighted by Gasteiger charge is 2.51. The molecular formula is C14H24N2O2. The average Bonchev–Trinajstić information content (AvgIpc) is 2.96. The second kappa shape index (κ2) is 4.82. The van der Waals surface area contributed by atoms with Crippen LogP contribution in [-0.2, 0) is 4.79 Å². The summed E-state index contributed by atoms with van der Waals surface area (Å²) < 4.78 is 0. The largest absolute Gasteiger partial charge is 0.481 e. The quantitative estimate of drug-likeness (QED) is 0.825. The summed E-state index contributed by atoms with van der Waals surface area (Å²) in [4.78, 5) is 16.4. The van der Waals surface area contributed by atoms with E-state index in [1.807, 2.05) is 0 Å². The van der Waals surface area contributed by atoms with Crippen LogP contribution in [0.25, 0.3) is 0 Å². The summed E-state index contributed by atoms with van der Waals surface area (Å²) in [5, 5.41) is 9.30. The molecule has 102 valence electrons. The van der Waals surface area contributed by atoms with E-state index in [1.54, 1.807) is 0 Å². The number of nitrogens with zero attached hydrogens (tertiary/aromatic N) is 2. The van der Waals surface area contributed by atoms with Crippen molar-refractivity contribution in [1.82, 2.24) is 9.80 Å². The van der Waals surface area contributed by atoms with E-state index in [1.165, 1.54) is 32.4 Å². The third-order valence-electron chi connectivity index (χ3n) is 5.33. The van der Waals surface area contributed by atoms with Gasteiger partial charge in [0.2, 0.25) is 0 Å². The van der Waals surface area contributed by atoms with Crippen LogP contribution in [0, 0.1) is 5.92 Å². The highest BCUT2D eigenvalue weighted by atomic mass is 16.4. The van der Waals surface area contributed by atoms with E-state index in [0.29, 0.717) is 18.1 Å². The minimum atomic E-state index is -0.571. The van der Waals surface area contributed by atoms with Gasteiger partial charge in [-0.05, 0) is 51.7 Å². The van der Waals surface area contributed by atoms with Crippen LogP contribution in [0.5, 0.6) is 0 Å². The van der Waals surface area contributed by atoms with Crippen LogP contribution in [0.4, 0.5) is 0 Å². The lowest BCUT2D eigenvalue weighted by Crippen LogP contribution is -2.47. The van der Waals surface area contributed by atoms with Crippen LogP contribution in [0.3, 0.4) is 0 Å². The highest BCUT2D eigenvalue weighted by molar-refractivity contribution is 5.71. The van der Waals surface area contributed by atoms with E-state index < -0.39 is 5.97 Å². The van der Waals surface area contributed by atoms with Crippen molar-refractivity contribution in [1.29, 1.82) is 0 Å². The Hall–Kier alpha value is -0.610. The zero-order valence-electron chi connectivity index (χ0n) is 11.2. The first kappa shape index (κ1) is 12.4. The number of aliphatic carboxylic acids is 1. The van der Waals surface area contributed by atoms with Gasteiger partial charge in [-0.2, -0.15) is 0 Å². The van der Waals surface area contributed by atoms with Gasteiger partial charge in [-0.25, -0.2) is 0 Å². The zero-order valence-corrected chi connectivity index (χ0v) is 11.2. The summed E-state index contributed by atoms with van der Waals surface area (Å²) in [6.45, 7) is 5.75. The summed E-state index contributed by atoms with van der Waals surface area (Å²) in [5.74, 6) is -0.661. The Balaban J connectivity index is 1.65. The Morgan fingerprint density at radius 2 is 1.89 bits per heavy atom. The SMILES string of the molecule is CCN1CCC(N2C3CCC2C(C(=O)O)C3)CC1. The van der Waals surface area contributed by atoms with Crippen LogP contribution >= 0.6 is 0 Å². The van der Waals surface area contributed by atoms with Crippen molar-refractivity contribution in [3.63, 3.8) is 0 Å². The molecule has 3 fully saturated rings. The predicted molar refractivity (Wildman–Crippen MR) is 69.5 cm³/mol. The lowest BCUT2D eigenvalue weighted by Gasteiger charge is -2.38. The summed E-state index contributed by atoms with van der Waals surface area (Å²) in [6, 6.07) is 1.55. The number of carboxylic acids is 1. The Morgan fingerprint density at radius 3 is 2.44 bits per heavy atom. The predicted octanol–water partition coefficient (Wildman–Crippen LogP) is 1.41. The summed E-state index contributed by atoms with van der Waals surface area (Å²) in [5.41, 5.74) is 0. The van der Waals surface area contributed by atoms with Crippen molar-refractivity contribution in [2.24, 2.45) is 5.92 Å². The molecule has 3 heterocycles. The first-order chi connectivity index (χ1) is 8.70. The van der Waals surface area contributed by atoms with Gasteiger partial charge in [0.25, 0.3) is 0 Å². The van der Waals surface area contributed by atoms with E-state index in [4.69, 9.17) is 0 Å². The fourth-order valence-corrected chi connectivity index (χ4v) is 4.40. The number of hydrogen-bond acceptors (Lipinski definition) is 3. The summed E-state index contributed by atoms with van der Waals surface area (Å²) in [6.07, 6.45) is 5.69. The molecule has 4 heteroatoms. The number of fused-ring (bicyclic) bond motifs is 2. The Labute approximate surface area is 109 Å². The van der Waals surface area contributed by atoms with Crippen molar-refractivity contribution in [2.45, 2.75) is 57.2 Å². The molecule has 3 aliphatic rings. The smallest absolute Gasteiger partial charge is 0.308 e. The minimum absolute atomic E-state index is 0.0899. The molecular weight excluding hydrogens is 228 g/mol. The average molecular weight is 252 g/mol. The van der Waals surface area contributed by atoms with E-state index in [-0.39, 0.29) is 5.92 Å². The lowest BCUT2D eigenvalue weighted by atomic mass is 9.89. The van der Waals surface area contributed by atoms with Gasteiger partial charge in [0.1, 0.15) is 0 Å². The monoisotopic (exact) mass is 252 g/mol. The molecule has 3 unspecified atom stereocenters. The number of piperidine rings is 1. The van der Waals surface area contributed by atoms with Crippen molar-refractivity contribution >= 4 is 5.97 Å². The maximum Gasteiger partial charge on any atom is 0.308 e. The maximum atomic E-state index is 11.3. The van der Waals surface area contributed by atoms with Crippen molar-refractivity contribution < 1.29 is 9.90 Å². The maximum absolute atomic E-state index is 11.3. The van der Waals surface area contributed by atoms with Gasteiger partial charge in [-0.3, -0.25) is 9.69 Å². The third kappa shape index (κ3) is 1.95. The normalized spacial score (nSPS) is 38.4. The molecule has 3 rings (SSSR count). The van der Waals surface area contributed by atoms with Crippen molar-refractivity contribution in [3.8, 4) is 0 Å². The second-order valence-electron chi connectivity index (χ2n) is 6.09. The first-order valence-corrected chi connectivity index (χ1v) is 7.43. The van der Waals surface area contributed by atoms with Gasteiger partial charge in [-0.15, -0.1) is 0 Å². The molecule has 0 radical (unpaired) electrons. The lowest BCUT2D eigenvalue weighted by molar-refractivity contribution is -0.142. The van der Waals surface area contributed by atoms with Crippen LogP contribution in [0.2, 0.25) is 0 Å². The van der Waals surface area contributed by atoms with E-state index in [2.05, 4.69) is 16.7 Å². The van der Waals surface area contributed by atoms with E-state index in [9.17, 15) is 9.90 Å². The van der Waals surface area contributed by atoms with Gasteiger partial charge in [0, 0.05) is 18.1 Å². The molecule has 0 amide bonds. The minimum Gasteiger partial charge on any atom is -0.481 e. The van der Waals surface area contributed by atoms with Gasteiger partial charge in [-0.1, -0.05) is 6.92 Å². The number of carboxylic acid groups (broad SMARTS) is 1. The van der Waals surface area contributed by atoms with E-state index >= 15 is 0 Å². The van der Waals surface area contributed by atoms with Crippen LogP contribution in [0.1, 0.15) is 39.0 Å². The molecule has 3 aliphatic heterocycles. The first-order valence-electron chi connectivity index (χ1n) is 7.43. The molecule has 0 spiro atoms. The molecule has 18 heavy (non-hydrogen) atoms. The molecule has 0 saturated carbocycles. The molecule has 3 saturated heterocycles. The van der Waals surface area contributed by atoms with Crippen LogP contribution < -0.4 is 0 Å². The molecule has 0 aliphatic carbocycles. The standard InChI is InChI=1S/C14H24N2O2/c1-2-15-7-5-10(6-8-15)16-11-3-4-13(16)12(9-11)14(17)18/h10-13H,2-9H2,1H3,(H,17,18). The third-order valence-corrected chi connectivity index (χ3v) is 5.33. The molecule has 2 bridgehead atoms. The van der Waals surface area contributed by atoms with Crippen molar-refractivity contribution in [3.05, 3.63) is 0 Å². The molecule has 1 N–H and O–H groups in total. The van der Waals surface area contributed by atoms with Gasteiger partial charge in [0.05, 0.1) is 5.92 Å². The van der Waals surface area contributed by atoms with Crippen LogP contribution in [0.15, 0.2) is 0 Å². The van der Waals surface area contributed by atoms with Gasteiger partial charge >= 0.3 is 5.97 Å². The molecule has 4 nitrogen and oxygen atoms in total. The number of likely N-dealkylation sites (tertiary alicyclic amines) is 1. The Morgan fingerprint density at radius 1 is 1.17 bits per heavy atom. The fraction of sp³-hybridized carbons (Fsp3) is 0.929. The number of carbonyl (C=O) groups is 1. The molecule has 0 aromatic heterocycles. The highest BCUT2D eigenvalue weighted by Crippen LogP contribution is 2.44. The zero-order chi connectivity index (χ0) is 12.7. The van der Waals surface area contributed by atoms with E-state index in [0.717, 1.165) is 19.4 Å². The Bertz CT molecular complexity index is 326. The number of hydrogen-bond donors (Lipinski definition) is 1. The topological polar surface area (TPSA) is 43.8 Å². The molecule has 0 aromatic rings. The number of rotatable bonds is 3. The van der Waals surface area contributed by atoms with Crippen molar-refractivity contribution in [2.75, 3.05) is 19.6 Å². The van der Waals surface area contributed by atoms with Crippen LogP contribution in [-0.4, -0.2) is 58.6 Å². The summed E-state index contributed by atoms with van der Waals surface area (Å²) >= 11 is 0. The fourth-order valence-electron chi connectivity index (χ4n) is 4.40. The molecule has 0 aromatic carbocycles. The second-order valence-corrected chi connectivity index (χ2v) is 6.09. The Kier molecular flexibility index (Phi) is 3.32.